The number of sulfonamides is 1. The minimum atomic E-state index is -3.46. The highest BCUT2D eigenvalue weighted by atomic mass is 35.5. The van der Waals surface area contributed by atoms with E-state index in [-0.39, 0.29) is 11.8 Å². The molecule has 2 aliphatic heterocycles. The van der Waals surface area contributed by atoms with E-state index in [1.54, 1.807) is 12.1 Å². The SMILES string of the molecule is O=C(CC1CCN(S(=O)(=O)c2ccc(Cl)s2)CC1)NCCCN1CCCCC1. The molecule has 158 valence electrons. The highest BCUT2D eigenvalue weighted by Crippen LogP contribution is 2.31. The smallest absolute Gasteiger partial charge is 0.252 e. The van der Waals surface area contributed by atoms with Gasteiger partial charge in [-0.2, -0.15) is 4.31 Å². The van der Waals surface area contributed by atoms with E-state index in [0.29, 0.717) is 28.1 Å². The molecule has 0 atom stereocenters. The van der Waals surface area contributed by atoms with Crippen molar-refractivity contribution in [3.63, 3.8) is 0 Å². The summed E-state index contributed by atoms with van der Waals surface area (Å²) < 4.78 is 27.5. The van der Waals surface area contributed by atoms with Crippen LogP contribution < -0.4 is 5.32 Å². The number of nitrogens with one attached hydrogen (secondary N) is 1. The summed E-state index contributed by atoms with van der Waals surface area (Å²) in [5.41, 5.74) is 0. The third-order valence-electron chi connectivity index (χ3n) is 5.61. The van der Waals surface area contributed by atoms with Crippen molar-refractivity contribution in [2.45, 2.75) is 49.2 Å². The molecule has 3 rings (SSSR count). The maximum Gasteiger partial charge on any atom is 0.252 e. The molecule has 2 fully saturated rings. The Hall–Kier alpha value is -0.670. The zero-order chi connectivity index (χ0) is 20.0. The van der Waals surface area contributed by atoms with Gasteiger partial charge in [0, 0.05) is 26.1 Å². The Morgan fingerprint density at radius 1 is 1.14 bits per heavy atom. The summed E-state index contributed by atoms with van der Waals surface area (Å²) in [5, 5.41) is 3.03. The number of likely N-dealkylation sites (tertiary alicyclic amines) is 1. The molecule has 0 bridgehead atoms. The third kappa shape index (κ3) is 6.16. The molecule has 9 heteroatoms. The Kier molecular flexibility index (Phi) is 8.17. The number of nitrogens with zero attached hydrogens (tertiary/aromatic N) is 2. The van der Waals surface area contributed by atoms with Gasteiger partial charge in [0.25, 0.3) is 10.0 Å². The van der Waals surface area contributed by atoms with Crippen molar-refractivity contribution in [1.29, 1.82) is 0 Å². The lowest BCUT2D eigenvalue weighted by Gasteiger charge is -2.30. The van der Waals surface area contributed by atoms with Crippen molar-refractivity contribution < 1.29 is 13.2 Å². The normalized spacial score (nSPS) is 20.3. The Morgan fingerprint density at radius 2 is 1.86 bits per heavy atom. The molecule has 1 N–H and O–H groups in total. The number of thiophene rings is 1. The fourth-order valence-electron chi connectivity index (χ4n) is 3.97. The fraction of sp³-hybridized carbons (Fsp3) is 0.737. The van der Waals surface area contributed by atoms with Crippen LogP contribution in [-0.2, 0) is 14.8 Å². The van der Waals surface area contributed by atoms with Crippen molar-refractivity contribution >= 4 is 38.9 Å². The lowest BCUT2D eigenvalue weighted by Crippen LogP contribution is -2.39. The van der Waals surface area contributed by atoms with Crippen LogP contribution >= 0.6 is 22.9 Å². The van der Waals surface area contributed by atoms with Gasteiger partial charge in [0.15, 0.2) is 0 Å². The summed E-state index contributed by atoms with van der Waals surface area (Å²) in [6, 6.07) is 3.17. The van der Waals surface area contributed by atoms with Crippen molar-refractivity contribution in [3.05, 3.63) is 16.5 Å². The first kappa shape index (κ1) is 22.0. The molecule has 0 spiro atoms. The molecule has 28 heavy (non-hydrogen) atoms. The van der Waals surface area contributed by atoms with E-state index in [1.807, 2.05) is 0 Å². The number of carbonyl (C=O) groups excluding carboxylic acids is 1. The third-order valence-corrected chi connectivity index (χ3v) is 9.21. The minimum absolute atomic E-state index is 0.0880. The Bertz CT molecular complexity index is 739. The molecule has 0 saturated carbocycles. The number of piperidine rings is 2. The summed E-state index contributed by atoms with van der Waals surface area (Å²) in [4.78, 5) is 14.7. The Morgan fingerprint density at radius 3 is 2.50 bits per heavy atom. The quantitative estimate of drug-likeness (QED) is 0.621. The Balaban J connectivity index is 1.34. The predicted molar refractivity (Wildman–Crippen MR) is 113 cm³/mol. The first-order chi connectivity index (χ1) is 13.4. The summed E-state index contributed by atoms with van der Waals surface area (Å²) in [6.07, 6.45) is 6.85. The Labute approximate surface area is 177 Å². The van der Waals surface area contributed by atoms with Gasteiger partial charge in [-0.25, -0.2) is 8.42 Å². The minimum Gasteiger partial charge on any atom is -0.356 e. The van der Waals surface area contributed by atoms with Crippen LogP contribution in [0.5, 0.6) is 0 Å². The predicted octanol–water partition coefficient (Wildman–Crippen LogP) is 3.18. The second-order valence-corrected chi connectivity index (χ2v) is 11.6. The second kappa shape index (κ2) is 10.4. The molecule has 1 amide bonds. The average Bonchev–Trinajstić information content (AvgIpc) is 3.14. The van der Waals surface area contributed by atoms with Crippen LogP contribution in [0.15, 0.2) is 16.3 Å². The fourth-order valence-corrected chi connectivity index (χ4v) is 7.07. The van der Waals surface area contributed by atoms with Crippen molar-refractivity contribution in [1.82, 2.24) is 14.5 Å². The van der Waals surface area contributed by atoms with Crippen LogP contribution in [0.4, 0.5) is 0 Å². The van der Waals surface area contributed by atoms with Crippen LogP contribution in [0.25, 0.3) is 0 Å². The number of amides is 1. The number of carbonyl (C=O) groups is 1. The highest BCUT2D eigenvalue weighted by molar-refractivity contribution is 7.91. The van der Waals surface area contributed by atoms with Crippen molar-refractivity contribution in [2.75, 3.05) is 39.3 Å². The van der Waals surface area contributed by atoms with Gasteiger partial charge in [0.2, 0.25) is 5.91 Å². The standard InChI is InChI=1S/C19H30ClN3O3S2/c20-17-5-6-19(27-17)28(25,26)23-13-7-16(8-14-23)15-18(24)21-9-4-12-22-10-2-1-3-11-22/h5-6,16H,1-4,7-15H2,(H,21,24). The average molecular weight is 448 g/mol. The maximum absolute atomic E-state index is 12.6. The topological polar surface area (TPSA) is 69.7 Å². The van der Waals surface area contributed by atoms with Gasteiger partial charge in [-0.3, -0.25) is 4.79 Å². The van der Waals surface area contributed by atoms with E-state index in [0.717, 1.165) is 43.7 Å². The largest absolute Gasteiger partial charge is 0.356 e. The van der Waals surface area contributed by atoms with Crippen molar-refractivity contribution in [3.8, 4) is 0 Å². The van der Waals surface area contributed by atoms with Crippen LogP contribution in [0, 0.1) is 5.92 Å². The van der Waals surface area contributed by atoms with Gasteiger partial charge in [0.1, 0.15) is 4.21 Å². The van der Waals surface area contributed by atoms with E-state index in [4.69, 9.17) is 11.6 Å². The molecule has 1 aromatic rings. The number of hydrogen-bond acceptors (Lipinski definition) is 5. The summed E-state index contributed by atoms with van der Waals surface area (Å²) >= 11 is 6.96. The molecular formula is C19H30ClN3O3S2. The van der Waals surface area contributed by atoms with Crippen LogP contribution in [0.2, 0.25) is 4.34 Å². The van der Waals surface area contributed by atoms with Gasteiger partial charge in [-0.05, 0) is 69.8 Å². The van der Waals surface area contributed by atoms with Gasteiger partial charge in [-0.1, -0.05) is 18.0 Å². The lowest BCUT2D eigenvalue weighted by molar-refractivity contribution is -0.122. The van der Waals surface area contributed by atoms with Crippen LogP contribution in [-0.4, -0.2) is 62.8 Å². The first-order valence-corrected chi connectivity index (χ1v) is 12.8. The van der Waals surface area contributed by atoms with Crippen LogP contribution in [0.3, 0.4) is 0 Å². The molecule has 0 radical (unpaired) electrons. The number of halogens is 1. The van der Waals surface area contributed by atoms with Gasteiger partial charge >= 0.3 is 0 Å². The molecule has 0 unspecified atom stereocenters. The number of rotatable bonds is 8. The van der Waals surface area contributed by atoms with Gasteiger partial charge in [-0.15, -0.1) is 11.3 Å². The lowest BCUT2D eigenvalue weighted by atomic mass is 9.94. The summed E-state index contributed by atoms with van der Waals surface area (Å²) in [5.74, 6) is 0.338. The van der Waals surface area contributed by atoms with E-state index in [9.17, 15) is 13.2 Å². The molecule has 3 heterocycles. The van der Waals surface area contributed by atoms with E-state index in [2.05, 4.69) is 10.2 Å². The van der Waals surface area contributed by atoms with E-state index in [1.165, 1.54) is 36.7 Å². The van der Waals surface area contributed by atoms with Gasteiger partial charge in [0.05, 0.1) is 4.34 Å². The molecular weight excluding hydrogens is 418 g/mol. The molecule has 6 nitrogen and oxygen atoms in total. The zero-order valence-corrected chi connectivity index (χ0v) is 18.6. The van der Waals surface area contributed by atoms with Gasteiger partial charge < -0.3 is 10.2 Å². The number of hydrogen-bond donors (Lipinski definition) is 1. The zero-order valence-electron chi connectivity index (χ0n) is 16.2. The second-order valence-electron chi connectivity index (χ2n) is 7.72. The van der Waals surface area contributed by atoms with Crippen molar-refractivity contribution in [2.24, 2.45) is 5.92 Å². The molecule has 0 aliphatic carbocycles. The first-order valence-electron chi connectivity index (χ1n) is 10.2. The maximum atomic E-state index is 12.6. The molecule has 2 aliphatic rings. The summed E-state index contributed by atoms with van der Waals surface area (Å²) in [7, 11) is -3.46. The molecule has 2 saturated heterocycles. The molecule has 1 aromatic heterocycles. The van der Waals surface area contributed by atoms with E-state index < -0.39 is 10.0 Å². The highest BCUT2D eigenvalue weighted by Gasteiger charge is 2.31. The monoisotopic (exact) mass is 447 g/mol. The van der Waals surface area contributed by atoms with E-state index >= 15 is 0 Å². The molecule has 0 aromatic carbocycles. The van der Waals surface area contributed by atoms with Crippen LogP contribution in [0.1, 0.15) is 44.9 Å². The summed E-state index contributed by atoms with van der Waals surface area (Å²) in [6.45, 7) is 5.08.